The van der Waals surface area contributed by atoms with Gasteiger partial charge in [0.05, 0.1) is 45.6 Å². The summed E-state index contributed by atoms with van der Waals surface area (Å²) in [4.78, 5) is 34.7. The molecular weight excluding hydrogens is 420 g/mol. The van der Waals surface area contributed by atoms with E-state index in [0.717, 1.165) is 17.7 Å². The molecule has 5 rings (SSSR count). The standard InChI is InChI=1S/C25H26N4O4/c1-14-6-9-19(33-5)18(12-14)28-22(30)25-11-10-24(4,23(25,2)3)20-21(25)27-17-13-15(29(31)32)7-8-16(17)26-20/h6-9,12-13H,10-11H2,1-5H3,(H,28,30). The van der Waals surface area contributed by atoms with Crippen LogP contribution in [0.25, 0.3) is 11.0 Å². The van der Waals surface area contributed by atoms with Crippen molar-refractivity contribution in [3.05, 3.63) is 63.5 Å². The Hall–Kier alpha value is -3.55. The minimum Gasteiger partial charge on any atom is -0.495 e. The van der Waals surface area contributed by atoms with Crippen LogP contribution in [0.4, 0.5) is 11.4 Å². The van der Waals surface area contributed by atoms with Crippen molar-refractivity contribution in [1.29, 1.82) is 0 Å². The summed E-state index contributed by atoms with van der Waals surface area (Å²) in [5.74, 6) is 0.431. The average Bonchev–Trinajstić information content (AvgIpc) is 3.07. The molecule has 2 aliphatic carbocycles. The van der Waals surface area contributed by atoms with Crippen molar-refractivity contribution in [2.24, 2.45) is 5.41 Å². The number of nitro benzene ring substituents is 1. The lowest BCUT2D eigenvalue weighted by Gasteiger charge is -2.39. The van der Waals surface area contributed by atoms with E-state index in [1.165, 1.54) is 12.1 Å². The molecule has 0 aliphatic heterocycles. The van der Waals surface area contributed by atoms with Crippen molar-refractivity contribution in [1.82, 2.24) is 9.97 Å². The first-order chi connectivity index (χ1) is 15.5. The number of hydrogen-bond acceptors (Lipinski definition) is 6. The summed E-state index contributed by atoms with van der Waals surface area (Å²) in [6.07, 6.45) is 1.43. The van der Waals surface area contributed by atoms with Gasteiger partial charge in [0.2, 0.25) is 5.91 Å². The molecule has 2 aromatic carbocycles. The van der Waals surface area contributed by atoms with Gasteiger partial charge in [-0.2, -0.15) is 0 Å². The quantitative estimate of drug-likeness (QED) is 0.455. The van der Waals surface area contributed by atoms with E-state index in [2.05, 4.69) is 26.1 Å². The number of carbonyl (C=O) groups is 1. The van der Waals surface area contributed by atoms with E-state index in [1.54, 1.807) is 13.2 Å². The van der Waals surface area contributed by atoms with E-state index >= 15 is 0 Å². The van der Waals surface area contributed by atoms with Gasteiger partial charge in [-0.15, -0.1) is 0 Å². The van der Waals surface area contributed by atoms with Gasteiger partial charge in [0.15, 0.2) is 0 Å². The molecule has 3 aromatic rings. The van der Waals surface area contributed by atoms with Crippen molar-refractivity contribution < 1.29 is 14.5 Å². The van der Waals surface area contributed by atoms with Crippen LogP contribution in [0.5, 0.6) is 5.75 Å². The molecule has 2 unspecified atom stereocenters. The topological polar surface area (TPSA) is 107 Å². The fraction of sp³-hybridized carbons (Fsp3) is 0.400. The molecule has 1 fully saturated rings. The number of nitrogens with zero attached hydrogens (tertiary/aromatic N) is 3. The van der Waals surface area contributed by atoms with Crippen LogP contribution in [-0.2, 0) is 15.6 Å². The Balaban J connectivity index is 1.70. The summed E-state index contributed by atoms with van der Waals surface area (Å²) in [7, 11) is 1.57. The Labute approximate surface area is 191 Å². The van der Waals surface area contributed by atoms with Gasteiger partial charge in [-0.3, -0.25) is 14.9 Å². The van der Waals surface area contributed by atoms with Gasteiger partial charge >= 0.3 is 0 Å². The Morgan fingerprint density at radius 3 is 2.48 bits per heavy atom. The molecule has 0 saturated heterocycles. The number of carbonyl (C=O) groups excluding carboxylic acids is 1. The number of rotatable bonds is 4. The van der Waals surface area contributed by atoms with Gasteiger partial charge in [0.25, 0.3) is 5.69 Å². The third-order valence-corrected chi connectivity index (χ3v) is 8.22. The molecule has 1 amide bonds. The summed E-state index contributed by atoms with van der Waals surface area (Å²) in [5.41, 5.74) is 2.29. The summed E-state index contributed by atoms with van der Waals surface area (Å²) in [5, 5.41) is 14.4. The second kappa shape index (κ2) is 6.73. The maximum atomic E-state index is 14.1. The summed E-state index contributed by atoms with van der Waals surface area (Å²) >= 11 is 0. The Morgan fingerprint density at radius 1 is 1.06 bits per heavy atom. The number of methoxy groups -OCH3 is 1. The number of anilines is 1. The number of aromatic nitrogens is 2. The van der Waals surface area contributed by atoms with E-state index in [0.29, 0.717) is 34.6 Å². The first-order valence-electron chi connectivity index (χ1n) is 11.0. The average molecular weight is 447 g/mol. The third kappa shape index (κ3) is 2.60. The number of nitrogens with one attached hydrogen (secondary N) is 1. The molecule has 2 atom stereocenters. The molecular formula is C25H26N4O4. The highest BCUT2D eigenvalue weighted by Crippen LogP contribution is 2.70. The van der Waals surface area contributed by atoms with Crippen molar-refractivity contribution in [2.75, 3.05) is 12.4 Å². The van der Waals surface area contributed by atoms with Crippen LogP contribution in [0.1, 0.15) is 50.6 Å². The minimum atomic E-state index is -0.919. The van der Waals surface area contributed by atoms with E-state index in [-0.39, 0.29) is 17.0 Å². The van der Waals surface area contributed by atoms with Crippen molar-refractivity contribution in [3.8, 4) is 5.75 Å². The molecule has 0 spiro atoms. The lowest BCUT2D eigenvalue weighted by molar-refractivity contribution is -0.384. The molecule has 8 nitrogen and oxygen atoms in total. The van der Waals surface area contributed by atoms with Gasteiger partial charge in [0.1, 0.15) is 5.75 Å². The smallest absolute Gasteiger partial charge is 0.271 e. The normalized spacial score (nSPS) is 24.5. The monoisotopic (exact) mass is 446 g/mol. The Bertz CT molecular complexity index is 1350. The predicted octanol–water partition coefficient (Wildman–Crippen LogP) is 4.82. The molecule has 170 valence electrons. The summed E-state index contributed by atoms with van der Waals surface area (Å²) < 4.78 is 5.47. The molecule has 33 heavy (non-hydrogen) atoms. The molecule has 2 bridgehead atoms. The Kier molecular flexibility index (Phi) is 4.34. The van der Waals surface area contributed by atoms with Crippen molar-refractivity contribution in [2.45, 2.75) is 51.4 Å². The minimum absolute atomic E-state index is 0.0478. The van der Waals surface area contributed by atoms with Gasteiger partial charge < -0.3 is 10.1 Å². The number of non-ortho nitro benzene ring substituents is 1. The zero-order valence-corrected chi connectivity index (χ0v) is 19.4. The van der Waals surface area contributed by atoms with Crippen LogP contribution >= 0.6 is 0 Å². The van der Waals surface area contributed by atoms with Crippen LogP contribution < -0.4 is 10.1 Å². The number of amides is 1. The number of benzene rings is 2. The van der Waals surface area contributed by atoms with Crippen LogP contribution in [0.2, 0.25) is 0 Å². The molecule has 1 saturated carbocycles. The lowest BCUT2D eigenvalue weighted by Crippen LogP contribution is -2.48. The Morgan fingerprint density at radius 2 is 1.79 bits per heavy atom. The van der Waals surface area contributed by atoms with Crippen LogP contribution in [0.3, 0.4) is 0 Å². The van der Waals surface area contributed by atoms with E-state index in [9.17, 15) is 14.9 Å². The first kappa shape index (κ1) is 21.3. The van der Waals surface area contributed by atoms with Gasteiger partial charge in [0, 0.05) is 17.5 Å². The summed E-state index contributed by atoms with van der Waals surface area (Å²) in [6, 6.07) is 10.2. The lowest BCUT2D eigenvalue weighted by atomic mass is 9.63. The molecule has 1 N–H and O–H groups in total. The molecule has 8 heteroatoms. The van der Waals surface area contributed by atoms with Gasteiger partial charge in [-0.1, -0.05) is 26.8 Å². The number of aryl methyl sites for hydroxylation is 1. The predicted molar refractivity (Wildman–Crippen MR) is 125 cm³/mol. The van der Waals surface area contributed by atoms with Crippen molar-refractivity contribution in [3.63, 3.8) is 0 Å². The molecule has 0 radical (unpaired) electrons. The highest BCUT2D eigenvalue weighted by molar-refractivity contribution is 6.03. The number of hydrogen-bond donors (Lipinski definition) is 1. The first-order valence-corrected chi connectivity index (χ1v) is 11.0. The van der Waals surface area contributed by atoms with E-state index < -0.39 is 15.8 Å². The van der Waals surface area contributed by atoms with Gasteiger partial charge in [-0.25, -0.2) is 9.97 Å². The fourth-order valence-corrected chi connectivity index (χ4v) is 5.85. The highest BCUT2D eigenvalue weighted by atomic mass is 16.6. The fourth-order valence-electron chi connectivity index (χ4n) is 5.85. The van der Waals surface area contributed by atoms with E-state index in [4.69, 9.17) is 14.7 Å². The van der Waals surface area contributed by atoms with E-state index in [1.807, 2.05) is 25.1 Å². The second-order valence-corrected chi connectivity index (χ2v) is 9.87. The number of fused-ring (bicyclic) bond motifs is 6. The molecule has 1 aromatic heterocycles. The second-order valence-electron chi connectivity index (χ2n) is 9.87. The van der Waals surface area contributed by atoms with Crippen LogP contribution in [0.15, 0.2) is 36.4 Å². The number of nitro groups is 1. The third-order valence-electron chi connectivity index (χ3n) is 8.22. The maximum Gasteiger partial charge on any atom is 0.271 e. The zero-order chi connectivity index (χ0) is 23.8. The van der Waals surface area contributed by atoms with Crippen molar-refractivity contribution >= 4 is 28.3 Å². The molecule has 2 aliphatic rings. The largest absolute Gasteiger partial charge is 0.495 e. The molecule has 1 heterocycles. The summed E-state index contributed by atoms with van der Waals surface area (Å²) in [6.45, 7) is 8.30. The van der Waals surface area contributed by atoms with Crippen LogP contribution in [0, 0.1) is 22.5 Å². The van der Waals surface area contributed by atoms with Crippen LogP contribution in [-0.4, -0.2) is 27.9 Å². The zero-order valence-electron chi connectivity index (χ0n) is 19.4. The SMILES string of the molecule is COc1ccc(C)cc1NC(=O)C12CCC(C)(c3nc4ccc([N+](=O)[O-])cc4nc31)C2(C)C. The maximum absolute atomic E-state index is 14.1. The highest BCUT2D eigenvalue weighted by Gasteiger charge is 2.73. The number of ether oxygens (including phenoxy) is 1. The van der Waals surface area contributed by atoms with Gasteiger partial charge in [-0.05, 0) is 48.9 Å².